The van der Waals surface area contributed by atoms with Gasteiger partial charge >= 0.3 is 0 Å². The van der Waals surface area contributed by atoms with Gasteiger partial charge in [0.05, 0.1) is 37.2 Å². The Labute approximate surface area is 112 Å². The highest BCUT2D eigenvalue weighted by atomic mass is 16.5. The van der Waals surface area contributed by atoms with Crippen molar-refractivity contribution in [2.24, 2.45) is 0 Å². The fourth-order valence-corrected chi connectivity index (χ4v) is 2.03. The monoisotopic (exact) mass is 265 g/mol. The van der Waals surface area contributed by atoms with Crippen molar-refractivity contribution in [1.29, 1.82) is 0 Å². The number of aliphatic hydroxyl groups excluding tert-OH is 1. The minimum absolute atomic E-state index is 0.0129. The highest BCUT2D eigenvalue weighted by Gasteiger charge is 2.30. The number of amides is 1. The van der Waals surface area contributed by atoms with Crippen LogP contribution in [0.5, 0.6) is 0 Å². The molecule has 1 fully saturated rings. The Balaban J connectivity index is 2.12. The maximum Gasteiger partial charge on any atom is 0.272 e. The lowest BCUT2D eigenvalue weighted by atomic mass is 10.1. The number of nitrogens with one attached hydrogen (secondary N) is 1. The molecule has 1 aromatic rings. The van der Waals surface area contributed by atoms with E-state index < -0.39 is 0 Å². The molecule has 19 heavy (non-hydrogen) atoms. The molecule has 1 amide bonds. The minimum Gasteiger partial charge on any atom is -0.394 e. The Morgan fingerprint density at radius 1 is 1.63 bits per heavy atom. The summed E-state index contributed by atoms with van der Waals surface area (Å²) in [6.45, 7) is 2.67. The van der Waals surface area contributed by atoms with Gasteiger partial charge in [-0.1, -0.05) is 0 Å². The summed E-state index contributed by atoms with van der Waals surface area (Å²) in [4.78, 5) is 18.2. The number of ether oxygens (including phenoxy) is 1. The Kier molecular flexibility index (Phi) is 4.34. The van der Waals surface area contributed by atoms with Crippen LogP contribution in [0.3, 0.4) is 0 Å². The summed E-state index contributed by atoms with van der Waals surface area (Å²) in [5.74, 6) is -0.128. The number of carbonyl (C=O) groups is 1. The summed E-state index contributed by atoms with van der Waals surface area (Å²) < 4.78 is 5.42. The second kappa shape index (κ2) is 5.99. The van der Waals surface area contributed by atoms with Crippen LogP contribution in [0.4, 0.5) is 5.69 Å². The van der Waals surface area contributed by atoms with Crippen LogP contribution in [0.1, 0.15) is 17.4 Å². The van der Waals surface area contributed by atoms with Gasteiger partial charge in [-0.15, -0.1) is 0 Å². The summed E-state index contributed by atoms with van der Waals surface area (Å²) >= 11 is 0. The van der Waals surface area contributed by atoms with Gasteiger partial charge in [-0.2, -0.15) is 0 Å². The third-order valence-electron chi connectivity index (χ3n) is 3.24. The summed E-state index contributed by atoms with van der Waals surface area (Å²) in [5, 5.41) is 12.1. The molecule has 0 radical (unpaired) electrons. The summed E-state index contributed by atoms with van der Waals surface area (Å²) in [6, 6.07) is 3.50. The second-order valence-electron chi connectivity index (χ2n) is 4.63. The Bertz CT molecular complexity index is 435. The van der Waals surface area contributed by atoms with Crippen molar-refractivity contribution >= 4 is 11.6 Å². The van der Waals surface area contributed by atoms with Gasteiger partial charge in [-0.3, -0.25) is 4.79 Å². The highest BCUT2D eigenvalue weighted by molar-refractivity contribution is 5.92. The van der Waals surface area contributed by atoms with Gasteiger partial charge in [0.15, 0.2) is 0 Å². The van der Waals surface area contributed by atoms with Crippen molar-refractivity contribution in [1.82, 2.24) is 9.88 Å². The van der Waals surface area contributed by atoms with Crippen molar-refractivity contribution < 1.29 is 14.6 Å². The van der Waals surface area contributed by atoms with E-state index in [0.717, 1.165) is 5.69 Å². The van der Waals surface area contributed by atoms with E-state index in [1.165, 1.54) is 0 Å². The molecule has 0 spiro atoms. The van der Waals surface area contributed by atoms with Crippen LogP contribution < -0.4 is 5.32 Å². The van der Waals surface area contributed by atoms with Gasteiger partial charge < -0.3 is 20.1 Å². The molecule has 1 saturated heterocycles. The lowest BCUT2D eigenvalue weighted by Gasteiger charge is -2.37. The van der Waals surface area contributed by atoms with Crippen LogP contribution >= 0.6 is 0 Å². The molecule has 0 bridgehead atoms. The fraction of sp³-hybridized carbons (Fsp3) is 0.538. The Morgan fingerprint density at radius 2 is 2.42 bits per heavy atom. The van der Waals surface area contributed by atoms with Crippen molar-refractivity contribution in [3.8, 4) is 0 Å². The highest BCUT2D eigenvalue weighted by Crippen LogP contribution is 2.15. The van der Waals surface area contributed by atoms with Crippen LogP contribution in [0.15, 0.2) is 18.3 Å². The lowest BCUT2D eigenvalue weighted by molar-refractivity contribution is -0.0668. The molecule has 0 aliphatic carbocycles. The van der Waals surface area contributed by atoms with E-state index >= 15 is 0 Å². The zero-order valence-electron chi connectivity index (χ0n) is 11.2. The maximum atomic E-state index is 12.4. The average molecular weight is 265 g/mol. The van der Waals surface area contributed by atoms with Gasteiger partial charge in [-0.05, 0) is 19.1 Å². The van der Waals surface area contributed by atoms with Gasteiger partial charge in [0, 0.05) is 13.6 Å². The number of aliphatic hydroxyl groups is 1. The van der Waals surface area contributed by atoms with E-state index in [1.54, 1.807) is 24.2 Å². The standard InChI is InChI=1S/C13H19N3O3/c1-9-8-19-11(7-17)6-16(9)13(18)12-4-3-10(14-2)5-15-12/h3-5,9,11,14,17H,6-8H2,1-2H3. The van der Waals surface area contributed by atoms with Gasteiger partial charge in [0.2, 0.25) is 0 Å². The first-order chi connectivity index (χ1) is 9.15. The Hall–Kier alpha value is -1.66. The van der Waals surface area contributed by atoms with Crippen LogP contribution in [0.25, 0.3) is 0 Å². The third kappa shape index (κ3) is 3.02. The van der Waals surface area contributed by atoms with Crippen LogP contribution in [-0.4, -0.2) is 59.8 Å². The van der Waals surface area contributed by atoms with Crippen molar-refractivity contribution in [2.75, 3.05) is 32.1 Å². The molecule has 2 rings (SSSR count). The quantitative estimate of drug-likeness (QED) is 0.824. The van der Waals surface area contributed by atoms with Crippen molar-refractivity contribution in [2.45, 2.75) is 19.1 Å². The van der Waals surface area contributed by atoms with E-state index in [-0.39, 0.29) is 24.7 Å². The van der Waals surface area contributed by atoms with E-state index in [0.29, 0.717) is 18.8 Å². The number of rotatable bonds is 3. The number of aromatic nitrogens is 1. The number of nitrogens with zero attached hydrogens (tertiary/aromatic N) is 2. The van der Waals surface area contributed by atoms with Crippen LogP contribution in [0, 0.1) is 0 Å². The smallest absolute Gasteiger partial charge is 0.272 e. The van der Waals surface area contributed by atoms with E-state index in [9.17, 15) is 4.79 Å². The van der Waals surface area contributed by atoms with Crippen molar-refractivity contribution in [3.05, 3.63) is 24.0 Å². The van der Waals surface area contributed by atoms with E-state index in [2.05, 4.69) is 10.3 Å². The molecule has 1 aliphatic heterocycles. The fourth-order valence-electron chi connectivity index (χ4n) is 2.03. The first-order valence-corrected chi connectivity index (χ1v) is 6.33. The molecular weight excluding hydrogens is 246 g/mol. The molecule has 2 unspecified atom stereocenters. The number of carbonyl (C=O) groups excluding carboxylic acids is 1. The van der Waals surface area contributed by atoms with Gasteiger partial charge in [-0.25, -0.2) is 4.98 Å². The summed E-state index contributed by atoms with van der Waals surface area (Å²) in [5.41, 5.74) is 1.27. The lowest BCUT2D eigenvalue weighted by Crippen LogP contribution is -2.52. The number of pyridine rings is 1. The first kappa shape index (κ1) is 13.8. The van der Waals surface area contributed by atoms with E-state index in [1.807, 2.05) is 13.0 Å². The number of hydrogen-bond donors (Lipinski definition) is 2. The summed E-state index contributed by atoms with van der Waals surface area (Å²) in [6.07, 6.45) is 1.32. The van der Waals surface area contributed by atoms with Gasteiger partial charge in [0.25, 0.3) is 5.91 Å². The topological polar surface area (TPSA) is 74.7 Å². The first-order valence-electron chi connectivity index (χ1n) is 6.33. The molecule has 1 aliphatic rings. The molecule has 2 N–H and O–H groups in total. The number of hydrogen-bond acceptors (Lipinski definition) is 5. The predicted octanol–water partition coefficient (Wildman–Crippen LogP) is 0.345. The zero-order valence-corrected chi connectivity index (χ0v) is 11.2. The second-order valence-corrected chi connectivity index (χ2v) is 4.63. The molecular formula is C13H19N3O3. The Morgan fingerprint density at radius 3 is 3.00 bits per heavy atom. The normalized spacial score (nSPS) is 23.2. The molecule has 2 atom stereocenters. The van der Waals surface area contributed by atoms with Crippen molar-refractivity contribution in [3.63, 3.8) is 0 Å². The largest absolute Gasteiger partial charge is 0.394 e. The van der Waals surface area contributed by atoms with Gasteiger partial charge in [0.1, 0.15) is 5.69 Å². The zero-order chi connectivity index (χ0) is 13.8. The molecule has 1 aromatic heterocycles. The maximum absolute atomic E-state index is 12.4. The average Bonchev–Trinajstić information content (AvgIpc) is 2.47. The predicted molar refractivity (Wildman–Crippen MR) is 71.1 cm³/mol. The molecule has 0 aromatic carbocycles. The molecule has 0 saturated carbocycles. The van der Waals surface area contributed by atoms with Crippen LogP contribution in [-0.2, 0) is 4.74 Å². The molecule has 6 nitrogen and oxygen atoms in total. The molecule has 2 heterocycles. The minimum atomic E-state index is -0.309. The third-order valence-corrected chi connectivity index (χ3v) is 3.24. The summed E-state index contributed by atoms with van der Waals surface area (Å²) in [7, 11) is 1.80. The number of anilines is 1. The van der Waals surface area contributed by atoms with Crippen LogP contribution in [0.2, 0.25) is 0 Å². The molecule has 104 valence electrons. The SMILES string of the molecule is CNc1ccc(C(=O)N2CC(CO)OCC2C)nc1. The number of morpholine rings is 1. The van der Waals surface area contributed by atoms with E-state index in [4.69, 9.17) is 9.84 Å². The molecule has 6 heteroatoms.